The van der Waals surface area contributed by atoms with E-state index in [0.717, 1.165) is 43.1 Å². The lowest BCUT2D eigenvalue weighted by molar-refractivity contribution is -0.136. The molecule has 1 fully saturated rings. The highest BCUT2D eigenvalue weighted by molar-refractivity contribution is 5.68. The second-order valence-corrected chi connectivity index (χ2v) is 6.92. The van der Waals surface area contributed by atoms with Gasteiger partial charge in [-0.1, -0.05) is 18.2 Å². The standard InChI is InChI=1S/C20H21N5O4/c1-13-4-2-3-5-16(13)28-14-8-10-25(11-9-14)17-7-6-15(21-22-17)20-24-23-18(29-20)12-19(26)27/h2-7,14H,8-12H2,1H3,(H,26,27). The van der Waals surface area contributed by atoms with Gasteiger partial charge in [0.15, 0.2) is 5.82 Å². The third-order valence-corrected chi connectivity index (χ3v) is 4.79. The molecule has 0 bridgehead atoms. The second kappa shape index (κ2) is 8.26. The lowest BCUT2D eigenvalue weighted by atomic mass is 10.1. The Balaban J connectivity index is 1.35. The largest absolute Gasteiger partial charge is 0.490 e. The normalized spacial score (nSPS) is 14.7. The van der Waals surface area contributed by atoms with Crippen LogP contribution in [0.2, 0.25) is 0 Å². The van der Waals surface area contributed by atoms with Gasteiger partial charge < -0.3 is 19.2 Å². The van der Waals surface area contributed by atoms with Gasteiger partial charge in [-0.2, -0.15) is 0 Å². The molecule has 4 rings (SSSR count). The summed E-state index contributed by atoms with van der Waals surface area (Å²) in [6.07, 6.45) is 1.67. The number of hydrogen-bond acceptors (Lipinski definition) is 8. The number of para-hydroxylation sites is 1. The predicted molar refractivity (Wildman–Crippen MR) is 104 cm³/mol. The lowest BCUT2D eigenvalue weighted by Crippen LogP contribution is -2.38. The number of aryl methyl sites for hydroxylation is 1. The Kier molecular flexibility index (Phi) is 5.37. The third-order valence-electron chi connectivity index (χ3n) is 4.79. The maximum absolute atomic E-state index is 10.7. The first kappa shape index (κ1) is 18.9. The van der Waals surface area contributed by atoms with Gasteiger partial charge in [0.25, 0.3) is 5.89 Å². The quantitative estimate of drug-likeness (QED) is 0.672. The first-order chi connectivity index (χ1) is 14.1. The van der Waals surface area contributed by atoms with Crippen molar-refractivity contribution < 1.29 is 19.1 Å². The van der Waals surface area contributed by atoms with E-state index in [4.69, 9.17) is 14.3 Å². The molecule has 2 aromatic heterocycles. The van der Waals surface area contributed by atoms with Gasteiger partial charge >= 0.3 is 5.97 Å². The van der Waals surface area contributed by atoms with Crippen molar-refractivity contribution in [1.29, 1.82) is 0 Å². The Morgan fingerprint density at radius 3 is 2.62 bits per heavy atom. The highest BCUT2D eigenvalue weighted by Crippen LogP contribution is 2.25. The molecule has 0 unspecified atom stereocenters. The van der Waals surface area contributed by atoms with E-state index < -0.39 is 5.97 Å². The van der Waals surface area contributed by atoms with Crippen molar-refractivity contribution in [3.05, 3.63) is 47.9 Å². The number of nitrogens with zero attached hydrogens (tertiary/aromatic N) is 5. The van der Waals surface area contributed by atoms with Gasteiger partial charge in [0.1, 0.15) is 24.0 Å². The number of carboxylic acid groups (broad SMARTS) is 1. The third kappa shape index (κ3) is 4.50. The van der Waals surface area contributed by atoms with Crippen LogP contribution in [0, 0.1) is 6.92 Å². The summed E-state index contributed by atoms with van der Waals surface area (Å²) in [7, 11) is 0. The zero-order valence-corrected chi connectivity index (χ0v) is 16.0. The predicted octanol–water partition coefficient (Wildman–Crippen LogP) is 2.51. The van der Waals surface area contributed by atoms with Crippen LogP contribution >= 0.6 is 0 Å². The van der Waals surface area contributed by atoms with Gasteiger partial charge in [-0.25, -0.2) is 0 Å². The molecule has 3 heterocycles. The number of anilines is 1. The molecule has 1 aliphatic rings. The maximum Gasteiger partial charge on any atom is 0.312 e. The molecule has 1 N–H and O–H groups in total. The lowest BCUT2D eigenvalue weighted by Gasteiger charge is -2.32. The number of carbonyl (C=O) groups is 1. The highest BCUT2D eigenvalue weighted by Gasteiger charge is 2.22. The number of piperidine rings is 1. The Morgan fingerprint density at radius 1 is 1.14 bits per heavy atom. The molecule has 1 aromatic carbocycles. The van der Waals surface area contributed by atoms with E-state index in [2.05, 4.69) is 38.3 Å². The number of aromatic nitrogens is 4. The fourth-order valence-electron chi connectivity index (χ4n) is 3.24. The van der Waals surface area contributed by atoms with Gasteiger partial charge in [0, 0.05) is 25.9 Å². The Hall–Kier alpha value is -3.49. The van der Waals surface area contributed by atoms with Gasteiger partial charge in [-0.15, -0.1) is 20.4 Å². The summed E-state index contributed by atoms with van der Waals surface area (Å²) in [6.45, 7) is 3.71. The monoisotopic (exact) mass is 395 g/mol. The van der Waals surface area contributed by atoms with Gasteiger partial charge in [0.05, 0.1) is 0 Å². The molecule has 0 spiro atoms. The van der Waals surface area contributed by atoms with E-state index in [1.54, 1.807) is 6.07 Å². The van der Waals surface area contributed by atoms with Crippen molar-refractivity contribution in [1.82, 2.24) is 20.4 Å². The molecule has 1 aliphatic heterocycles. The zero-order valence-electron chi connectivity index (χ0n) is 16.0. The summed E-state index contributed by atoms with van der Waals surface area (Å²) < 4.78 is 11.5. The minimum Gasteiger partial charge on any atom is -0.490 e. The minimum atomic E-state index is -1.03. The summed E-state index contributed by atoms with van der Waals surface area (Å²) in [5.74, 6) is 0.876. The molecule has 0 amide bonds. The molecule has 29 heavy (non-hydrogen) atoms. The molecule has 0 radical (unpaired) electrons. The Labute approximate surface area is 167 Å². The van der Waals surface area contributed by atoms with Gasteiger partial charge in [-0.05, 0) is 30.7 Å². The molecule has 0 saturated carbocycles. The molecule has 150 valence electrons. The van der Waals surface area contributed by atoms with E-state index in [9.17, 15) is 4.79 Å². The van der Waals surface area contributed by atoms with Crippen molar-refractivity contribution >= 4 is 11.8 Å². The Bertz CT molecular complexity index is 981. The van der Waals surface area contributed by atoms with Crippen molar-refractivity contribution in [2.45, 2.75) is 32.3 Å². The van der Waals surface area contributed by atoms with Crippen LogP contribution in [-0.2, 0) is 11.2 Å². The van der Waals surface area contributed by atoms with E-state index in [-0.39, 0.29) is 24.3 Å². The molecule has 0 atom stereocenters. The SMILES string of the molecule is Cc1ccccc1OC1CCN(c2ccc(-c3nnc(CC(=O)O)o3)nn2)CC1. The maximum atomic E-state index is 10.7. The fourth-order valence-corrected chi connectivity index (χ4v) is 3.24. The van der Waals surface area contributed by atoms with Gasteiger partial charge in [-0.3, -0.25) is 4.79 Å². The molecule has 1 saturated heterocycles. The van der Waals surface area contributed by atoms with Crippen LogP contribution in [0.4, 0.5) is 5.82 Å². The van der Waals surface area contributed by atoms with Crippen molar-refractivity contribution in [2.24, 2.45) is 0 Å². The number of carboxylic acids is 1. The summed E-state index contributed by atoms with van der Waals surface area (Å²) in [6, 6.07) is 11.7. The Morgan fingerprint density at radius 2 is 1.93 bits per heavy atom. The van der Waals surface area contributed by atoms with Crippen LogP contribution in [0.25, 0.3) is 11.6 Å². The molecule has 0 aliphatic carbocycles. The molecule has 9 heteroatoms. The van der Waals surface area contributed by atoms with Crippen molar-refractivity contribution in [3.63, 3.8) is 0 Å². The molecule has 9 nitrogen and oxygen atoms in total. The summed E-state index contributed by atoms with van der Waals surface area (Å²) in [4.78, 5) is 12.9. The molecular weight excluding hydrogens is 374 g/mol. The van der Waals surface area contributed by atoms with Crippen LogP contribution in [0.3, 0.4) is 0 Å². The zero-order chi connectivity index (χ0) is 20.2. The molecule has 3 aromatic rings. The summed E-state index contributed by atoms with van der Waals surface area (Å²) >= 11 is 0. The van der Waals surface area contributed by atoms with Crippen LogP contribution in [0.1, 0.15) is 24.3 Å². The average Bonchev–Trinajstić information content (AvgIpc) is 3.18. The van der Waals surface area contributed by atoms with E-state index in [0.29, 0.717) is 5.69 Å². The topological polar surface area (TPSA) is 114 Å². The van der Waals surface area contributed by atoms with Gasteiger partial charge in [0.2, 0.25) is 5.89 Å². The van der Waals surface area contributed by atoms with Crippen LogP contribution in [0.5, 0.6) is 5.75 Å². The van der Waals surface area contributed by atoms with Crippen LogP contribution < -0.4 is 9.64 Å². The number of aliphatic carboxylic acids is 1. The number of benzene rings is 1. The first-order valence-corrected chi connectivity index (χ1v) is 9.44. The average molecular weight is 395 g/mol. The van der Waals surface area contributed by atoms with E-state index >= 15 is 0 Å². The number of rotatable bonds is 6. The van der Waals surface area contributed by atoms with Crippen LogP contribution in [0.15, 0.2) is 40.8 Å². The highest BCUT2D eigenvalue weighted by atomic mass is 16.5. The van der Waals surface area contributed by atoms with Crippen LogP contribution in [-0.4, -0.2) is 50.7 Å². The fraction of sp³-hybridized carbons (Fsp3) is 0.350. The smallest absolute Gasteiger partial charge is 0.312 e. The van der Waals surface area contributed by atoms with Crippen molar-refractivity contribution in [2.75, 3.05) is 18.0 Å². The summed E-state index contributed by atoms with van der Waals surface area (Å²) in [5, 5.41) is 24.7. The first-order valence-electron chi connectivity index (χ1n) is 9.44. The number of ether oxygens (including phenoxy) is 1. The summed E-state index contributed by atoms with van der Waals surface area (Å²) in [5.41, 5.74) is 1.56. The van der Waals surface area contributed by atoms with E-state index in [1.807, 2.05) is 24.3 Å². The number of hydrogen-bond donors (Lipinski definition) is 1. The van der Waals surface area contributed by atoms with Crippen molar-refractivity contribution in [3.8, 4) is 17.3 Å². The second-order valence-electron chi connectivity index (χ2n) is 6.92. The molecular formula is C20H21N5O4. The minimum absolute atomic E-state index is 0.0362. The van der Waals surface area contributed by atoms with E-state index in [1.165, 1.54) is 0 Å².